The highest BCUT2D eigenvalue weighted by atomic mass is 32.2. The standard InChI is InChI=1S/C11H19N5O3S/c1-2-19-9-3-5-16(6-4-9)20(17,18)10-7-13-11(15-12)14-8-10/h7-9H,2-6,12H2,1H3,(H,13,14,15). The fourth-order valence-corrected chi connectivity index (χ4v) is 3.51. The highest BCUT2D eigenvalue weighted by Crippen LogP contribution is 2.21. The van der Waals surface area contributed by atoms with Gasteiger partial charge in [0.1, 0.15) is 4.90 Å². The van der Waals surface area contributed by atoms with Crippen LogP contribution in [0.4, 0.5) is 5.95 Å². The molecule has 0 saturated carbocycles. The lowest BCUT2D eigenvalue weighted by atomic mass is 10.1. The second-order valence-corrected chi connectivity index (χ2v) is 6.38. The Balaban J connectivity index is 2.07. The Morgan fingerprint density at radius 2 is 2.00 bits per heavy atom. The molecule has 0 unspecified atom stereocenters. The summed E-state index contributed by atoms with van der Waals surface area (Å²) < 4.78 is 31.8. The minimum Gasteiger partial charge on any atom is -0.378 e. The molecule has 0 bridgehead atoms. The molecule has 0 atom stereocenters. The van der Waals surface area contributed by atoms with Crippen molar-refractivity contribution in [2.45, 2.75) is 30.8 Å². The van der Waals surface area contributed by atoms with Crippen LogP contribution in [0, 0.1) is 0 Å². The minimum atomic E-state index is -3.54. The van der Waals surface area contributed by atoms with Gasteiger partial charge in [0, 0.05) is 19.7 Å². The average Bonchev–Trinajstić information content (AvgIpc) is 2.48. The van der Waals surface area contributed by atoms with E-state index in [-0.39, 0.29) is 16.9 Å². The number of piperidine rings is 1. The number of nitrogen functional groups attached to an aromatic ring is 1. The maximum atomic E-state index is 12.4. The summed E-state index contributed by atoms with van der Waals surface area (Å²) in [6.45, 7) is 3.49. The van der Waals surface area contributed by atoms with Crippen LogP contribution in [0.5, 0.6) is 0 Å². The molecular weight excluding hydrogens is 282 g/mol. The van der Waals surface area contributed by atoms with E-state index in [4.69, 9.17) is 10.6 Å². The van der Waals surface area contributed by atoms with E-state index in [0.29, 0.717) is 32.5 Å². The van der Waals surface area contributed by atoms with Gasteiger partial charge in [0.05, 0.1) is 18.5 Å². The lowest BCUT2D eigenvalue weighted by Gasteiger charge is -2.30. The first-order chi connectivity index (χ1) is 9.57. The Hall–Kier alpha value is -1.29. The van der Waals surface area contributed by atoms with E-state index in [9.17, 15) is 8.42 Å². The van der Waals surface area contributed by atoms with Gasteiger partial charge in [-0.25, -0.2) is 24.2 Å². The van der Waals surface area contributed by atoms with Crippen LogP contribution >= 0.6 is 0 Å². The Morgan fingerprint density at radius 3 is 2.50 bits per heavy atom. The van der Waals surface area contributed by atoms with Crippen molar-refractivity contribution < 1.29 is 13.2 Å². The third kappa shape index (κ3) is 3.23. The molecule has 1 fully saturated rings. The average molecular weight is 301 g/mol. The van der Waals surface area contributed by atoms with Crippen LogP contribution in [0.15, 0.2) is 17.3 Å². The molecule has 0 aliphatic carbocycles. The van der Waals surface area contributed by atoms with Crippen molar-refractivity contribution in [3.63, 3.8) is 0 Å². The Bertz CT molecular complexity index is 525. The van der Waals surface area contributed by atoms with Gasteiger partial charge in [0.15, 0.2) is 0 Å². The monoisotopic (exact) mass is 301 g/mol. The number of rotatable bonds is 5. The van der Waals surface area contributed by atoms with Gasteiger partial charge in [-0.05, 0) is 19.8 Å². The van der Waals surface area contributed by atoms with E-state index >= 15 is 0 Å². The van der Waals surface area contributed by atoms with Gasteiger partial charge in [-0.2, -0.15) is 4.31 Å². The molecule has 3 N–H and O–H groups in total. The molecule has 1 aliphatic rings. The smallest absolute Gasteiger partial charge is 0.246 e. The van der Waals surface area contributed by atoms with Crippen LogP contribution < -0.4 is 11.3 Å². The quantitative estimate of drug-likeness (QED) is 0.579. The summed E-state index contributed by atoms with van der Waals surface area (Å²) in [5, 5.41) is 0. The summed E-state index contributed by atoms with van der Waals surface area (Å²) >= 11 is 0. The molecule has 1 saturated heterocycles. The molecule has 0 radical (unpaired) electrons. The van der Waals surface area contributed by atoms with Gasteiger partial charge in [-0.1, -0.05) is 0 Å². The predicted octanol–water partition coefficient (Wildman–Crippen LogP) is -0.0482. The molecule has 2 heterocycles. The van der Waals surface area contributed by atoms with Crippen LogP contribution in [0.2, 0.25) is 0 Å². The Kier molecular flexibility index (Phi) is 4.86. The first kappa shape index (κ1) is 15.1. The fraction of sp³-hybridized carbons (Fsp3) is 0.636. The van der Waals surface area contributed by atoms with Crippen molar-refractivity contribution in [3.8, 4) is 0 Å². The molecule has 0 spiro atoms. The molecule has 20 heavy (non-hydrogen) atoms. The second-order valence-electron chi connectivity index (χ2n) is 4.45. The maximum absolute atomic E-state index is 12.4. The molecular formula is C11H19N5O3S. The van der Waals surface area contributed by atoms with E-state index in [1.54, 1.807) is 0 Å². The van der Waals surface area contributed by atoms with Gasteiger partial charge in [0.2, 0.25) is 16.0 Å². The summed E-state index contributed by atoms with van der Waals surface area (Å²) in [6.07, 6.45) is 4.07. The number of nitrogens with one attached hydrogen (secondary N) is 1. The summed E-state index contributed by atoms with van der Waals surface area (Å²) in [7, 11) is -3.54. The summed E-state index contributed by atoms with van der Waals surface area (Å²) in [5.74, 6) is 5.33. The maximum Gasteiger partial charge on any atom is 0.246 e. The zero-order valence-corrected chi connectivity index (χ0v) is 12.1. The summed E-state index contributed by atoms with van der Waals surface area (Å²) in [6, 6.07) is 0. The van der Waals surface area contributed by atoms with Crippen molar-refractivity contribution in [2.24, 2.45) is 5.84 Å². The SMILES string of the molecule is CCOC1CCN(S(=O)(=O)c2cnc(NN)nc2)CC1. The van der Waals surface area contributed by atoms with E-state index < -0.39 is 10.0 Å². The van der Waals surface area contributed by atoms with Gasteiger partial charge >= 0.3 is 0 Å². The van der Waals surface area contributed by atoms with Crippen LogP contribution in [0.1, 0.15) is 19.8 Å². The van der Waals surface area contributed by atoms with Gasteiger partial charge in [-0.15, -0.1) is 0 Å². The molecule has 112 valence electrons. The fourth-order valence-electron chi connectivity index (χ4n) is 2.15. The molecule has 0 amide bonds. The number of aromatic nitrogens is 2. The minimum absolute atomic E-state index is 0.0753. The number of hydrogen-bond acceptors (Lipinski definition) is 7. The Labute approximate surface area is 118 Å². The van der Waals surface area contributed by atoms with Crippen molar-refractivity contribution in [1.82, 2.24) is 14.3 Å². The molecule has 1 aromatic rings. The number of sulfonamides is 1. The predicted molar refractivity (Wildman–Crippen MR) is 73.2 cm³/mol. The lowest BCUT2D eigenvalue weighted by Crippen LogP contribution is -2.40. The molecule has 1 aliphatic heterocycles. The van der Waals surface area contributed by atoms with Crippen LogP contribution in [-0.4, -0.2) is 48.5 Å². The number of ether oxygens (including phenoxy) is 1. The first-order valence-corrected chi connectivity index (χ1v) is 7.92. The topological polar surface area (TPSA) is 110 Å². The van der Waals surface area contributed by atoms with Crippen molar-refractivity contribution >= 4 is 16.0 Å². The van der Waals surface area contributed by atoms with Crippen LogP contribution in [0.3, 0.4) is 0 Å². The van der Waals surface area contributed by atoms with Gasteiger partial charge in [-0.3, -0.25) is 5.43 Å². The van der Waals surface area contributed by atoms with Crippen molar-refractivity contribution in [2.75, 3.05) is 25.1 Å². The van der Waals surface area contributed by atoms with E-state index in [2.05, 4.69) is 15.4 Å². The number of anilines is 1. The van der Waals surface area contributed by atoms with Crippen molar-refractivity contribution in [1.29, 1.82) is 0 Å². The number of hydrogen-bond donors (Lipinski definition) is 2. The second kappa shape index (κ2) is 6.44. The van der Waals surface area contributed by atoms with E-state index in [1.807, 2.05) is 6.92 Å². The van der Waals surface area contributed by atoms with E-state index in [1.165, 1.54) is 16.7 Å². The van der Waals surface area contributed by atoms with Crippen LogP contribution in [0.25, 0.3) is 0 Å². The summed E-state index contributed by atoms with van der Waals surface area (Å²) in [5.41, 5.74) is 2.26. The van der Waals surface area contributed by atoms with Crippen molar-refractivity contribution in [3.05, 3.63) is 12.4 Å². The highest BCUT2D eigenvalue weighted by molar-refractivity contribution is 7.89. The molecule has 0 aromatic carbocycles. The first-order valence-electron chi connectivity index (χ1n) is 6.48. The molecule has 1 aromatic heterocycles. The Morgan fingerprint density at radius 1 is 1.40 bits per heavy atom. The van der Waals surface area contributed by atoms with Crippen LogP contribution in [-0.2, 0) is 14.8 Å². The molecule has 2 rings (SSSR count). The molecule has 8 nitrogen and oxygen atoms in total. The zero-order valence-electron chi connectivity index (χ0n) is 11.3. The van der Waals surface area contributed by atoms with Gasteiger partial charge < -0.3 is 4.74 Å². The highest BCUT2D eigenvalue weighted by Gasteiger charge is 2.30. The number of nitrogens with zero attached hydrogens (tertiary/aromatic N) is 3. The largest absolute Gasteiger partial charge is 0.378 e. The third-order valence-electron chi connectivity index (χ3n) is 3.20. The molecule has 9 heteroatoms. The van der Waals surface area contributed by atoms with E-state index in [0.717, 1.165) is 0 Å². The normalized spacial score (nSPS) is 18.1. The number of nitrogens with two attached hydrogens (primary N) is 1. The zero-order chi connectivity index (χ0) is 14.6. The number of hydrazine groups is 1. The van der Waals surface area contributed by atoms with Gasteiger partial charge in [0.25, 0.3) is 0 Å². The lowest BCUT2D eigenvalue weighted by molar-refractivity contribution is 0.0290. The summed E-state index contributed by atoms with van der Waals surface area (Å²) in [4.78, 5) is 7.73. The third-order valence-corrected chi connectivity index (χ3v) is 5.05.